The topological polar surface area (TPSA) is 21.3 Å². The predicted octanol–water partition coefficient (Wildman–Crippen LogP) is 4.05. The zero-order valence-electron chi connectivity index (χ0n) is 12.8. The predicted molar refractivity (Wildman–Crippen MR) is 80.5 cm³/mol. The number of aryl methyl sites for hydroxylation is 2. The Hall–Kier alpha value is -0.930. The molecule has 2 nitrogen and oxygen atoms in total. The molecule has 2 rings (SSSR count). The molecular formula is C17H26FNO. The molecule has 1 aromatic carbocycles. The van der Waals surface area contributed by atoms with Gasteiger partial charge in [0, 0.05) is 12.6 Å². The van der Waals surface area contributed by atoms with Crippen molar-refractivity contribution in [3.05, 3.63) is 34.6 Å². The monoisotopic (exact) mass is 279 g/mol. The number of benzene rings is 1. The van der Waals surface area contributed by atoms with E-state index in [1.165, 1.54) is 18.4 Å². The summed E-state index contributed by atoms with van der Waals surface area (Å²) in [6.45, 7) is 7.63. The molecule has 0 saturated carbocycles. The molecule has 2 unspecified atom stereocenters. The van der Waals surface area contributed by atoms with Gasteiger partial charge in [-0.05, 0) is 62.8 Å². The van der Waals surface area contributed by atoms with Gasteiger partial charge in [-0.25, -0.2) is 4.39 Å². The minimum absolute atomic E-state index is 0.0804. The Balaban J connectivity index is 2.06. The molecule has 0 aliphatic carbocycles. The van der Waals surface area contributed by atoms with Crippen molar-refractivity contribution in [2.24, 2.45) is 0 Å². The smallest absolute Gasteiger partial charge is 0.129 e. The number of ether oxygens (including phenoxy) is 1. The lowest BCUT2D eigenvalue weighted by Gasteiger charge is -2.21. The van der Waals surface area contributed by atoms with E-state index in [-0.39, 0.29) is 5.82 Å². The molecule has 20 heavy (non-hydrogen) atoms. The Morgan fingerprint density at radius 2 is 2.05 bits per heavy atom. The van der Waals surface area contributed by atoms with E-state index >= 15 is 0 Å². The Bertz CT molecular complexity index is 418. The maximum Gasteiger partial charge on any atom is 0.129 e. The van der Waals surface area contributed by atoms with E-state index in [0.29, 0.717) is 12.1 Å². The molecule has 1 aliphatic heterocycles. The number of nitrogens with one attached hydrogen (secondary N) is 1. The first kappa shape index (κ1) is 15.5. The van der Waals surface area contributed by atoms with Crippen molar-refractivity contribution in [3.8, 4) is 0 Å². The van der Waals surface area contributed by atoms with Crippen molar-refractivity contribution in [1.82, 2.24) is 5.32 Å². The van der Waals surface area contributed by atoms with Crippen LogP contribution in [0.1, 0.15) is 55.3 Å². The van der Waals surface area contributed by atoms with Crippen LogP contribution in [-0.2, 0) is 4.74 Å². The van der Waals surface area contributed by atoms with Crippen molar-refractivity contribution < 1.29 is 9.13 Å². The maximum atomic E-state index is 13.8. The van der Waals surface area contributed by atoms with Gasteiger partial charge in [0.15, 0.2) is 0 Å². The van der Waals surface area contributed by atoms with Gasteiger partial charge < -0.3 is 10.1 Å². The van der Waals surface area contributed by atoms with E-state index < -0.39 is 0 Å². The van der Waals surface area contributed by atoms with Gasteiger partial charge in [0.25, 0.3) is 0 Å². The molecule has 1 aliphatic rings. The van der Waals surface area contributed by atoms with Crippen LogP contribution in [0.4, 0.5) is 4.39 Å². The van der Waals surface area contributed by atoms with Crippen molar-refractivity contribution in [2.45, 2.75) is 58.6 Å². The highest BCUT2D eigenvalue weighted by Gasteiger charge is 2.19. The fourth-order valence-electron chi connectivity index (χ4n) is 3.04. The van der Waals surface area contributed by atoms with Crippen molar-refractivity contribution >= 4 is 0 Å². The quantitative estimate of drug-likeness (QED) is 0.848. The number of halogens is 1. The van der Waals surface area contributed by atoms with Gasteiger partial charge in [0.05, 0.1) is 6.10 Å². The lowest BCUT2D eigenvalue weighted by atomic mass is 9.96. The van der Waals surface area contributed by atoms with E-state index in [1.807, 2.05) is 26.0 Å². The van der Waals surface area contributed by atoms with Crippen LogP contribution in [0.5, 0.6) is 0 Å². The van der Waals surface area contributed by atoms with E-state index in [0.717, 1.165) is 37.1 Å². The fourth-order valence-corrected chi connectivity index (χ4v) is 3.04. The Morgan fingerprint density at radius 1 is 1.35 bits per heavy atom. The summed E-state index contributed by atoms with van der Waals surface area (Å²) < 4.78 is 19.4. The molecule has 0 amide bonds. The minimum Gasteiger partial charge on any atom is -0.378 e. The van der Waals surface area contributed by atoms with Gasteiger partial charge >= 0.3 is 0 Å². The van der Waals surface area contributed by atoms with Crippen LogP contribution in [0.3, 0.4) is 0 Å². The lowest BCUT2D eigenvalue weighted by molar-refractivity contribution is 0.0996. The molecule has 0 bridgehead atoms. The van der Waals surface area contributed by atoms with Crippen LogP contribution in [0, 0.1) is 19.7 Å². The molecule has 2 atom stereocenters. The summed E-state index contributed by atoms with van der Waals surface area (Å²) in [7, 11) is 0. The summed E-state index contributed by atoms with van der Waals surface area (Å²) >= 11 is 0. The average Bonchev–Trinajstić information content (AvgIpc) is 2.93. The third-order valence-corrected chi connectivity index (χ3v) is 4.11. The van der Waals surface area contributed by atoms with Gasteiger partial charge in [-0.1, -0.05) is 19.1 Å². The zero-order chi connectivity index (χ0) is 14.5. The minimum atomic E-state index is -0.0804. The molecule has 1 saturated heterocycles. The molecule has 0 aromatic heterocycles. The summed E-state index contributed by atoms with van der Waals surface area (Å²) in [5.74, 6) is -0.0804. The molecule has 112 valence electrons. The molecule has 0 spiro atoms. The first-order valence-electron chi connectivity index (χ1n) is 7.73. The number of hydrogen-bond acceptors (Lipinski definition) is 2. The normalized spacial score (nSPS) is 20.3. The van der Waals surface area contributed by atoms with E-state index in [9.17, 15) is 4.39 Å². The van der Waals surface area contributed by atoms with Crippen LogP contribution >= 0.6 is 0 Å². The maximum absolute atomic E-state index is 13.8. The molecule has 1 heterocycles. The third-order valence-electron chi connectivity index (χ3n) is 4.11. The second kappa shape index (κ2) is 7.19. The second-order valence-electron chi connectivity index (χ2n) is 5.79. The van der Waals surface area contributed by atoms with E-state index in [1.54, 1.807) is 0 Å². The molecule has 1 N–H and O–H groups in total. The Kier molecular flexibility index (Phi) is 5.55. The molecule has 3 heteroatoms. The number of rotatable bonds is 6. The third kappa shape index (κ3) is 3.80. The molecule has 1 fully saturated rings. The summed E-state index contributed by atoms with van der Waals surface area (Å²) in [5, 5.41) is 3.52. The fraction of sp³-hybridized carbons (Fsp3) is 0.647. The van der Waals surface area contributed by atoms with Gasteiger partial charge in [-0.3, -0.25) is 0 Å². The first-order valence-corrected chi connectivity index (χ1v) is 7.73. The van der Waals surface area contributed by atoms with Crippen molar-refractivity contribution in [3.63, 3.8) is 0 Å². The number of hydrogen-bond donors (Lipinski definition) is 1. The first-order chi connectivity index (χ1) is 9.61. The van der Waals surface area contributed by atoms with Gasteiger partial charge in [-0.2, -0.15) is 0 Å². The highest BCUT2D eigenvalue weighted by molar-refractivity contribution is 5.32. The zero-order valence-corrected chi connectivity index (χ0v) is 12.8. The summed E-state index contributed by atoms with van der Waals surface area (Å²) in [6, 6.07) is 4.25. The van der Waals surface area contributed by atoms with Crippen LogP contribution in [-0.4, -0.2) is 19.3 Å². The SMILES string of the molecule is CCNC(CCC1CCCO1)c1cc(C)c(F)c(C)c1. The Labute approximate surface area is 121 Å². The van der Waals surface area contributed by atoms with Gasteiger partial charge in [0.1, 0.15) is 5.82 Å². The lowest BCUT2D eigenvalue weighted by Crippen LogP contribution is -2.23. The standard InChI is InChI=1S/C17H26FNO/c1-4-19-16(8-7-15-6-5-9-20-15)14-10-12(2)17(18)13(3)11-14/h10-11,15-16,19H,4-9H2,1-3H3. The summed E-state index contributed by atoms with van der Waals surface area (Å²) in [6.07, 6.45) is 4.90. The van der Waals surface area contributed by atoms with Crippen molar-refractivity contribution in [2.75, 3.05) is 13.2 Å². The second-order valence-corrected chi connectivity index (χ2v) is 5.79. The van der Waals surface area contributed by atoms with Crippen LogP contribution in [0.15, 0.2) is 12.1 Å². The van der Waals surface area contributed by atoms with Crippen LogP contribution < -0.4 is 5.32 Å². The van der Waals surface area contributed by atoms with E-state index in [2.05, 4.69) is 12.2 Å². The highest BCUT2D eigenvalue weighted by Crippen LogP contribution is 2.26. The molecule has 1 aromatic rings. The van der Waals surface area contributed by atoms with Crippen molar-refractivity contribution in [1.29, 1.82) is 0 Å². The van der Waals surface area contributed by atoms with Crippen LogP contribution in [0.25, 0.3) is 0 Å². The van der Waals surface area contributed by atoms with Crippen LogP contribution in [0.2, 0.25) is 0 Å². The summed E-state index contributed by atoms with van der Waals surface area (Å²) in [4.78, 5) is 0. The van der Waals surface area contributed by atoms with Gasteiger partial charge in [0.2, 0.25) is 0 Å². The molecule has 0 radical (unpaired) electrons. The molecular weight excluding hydrogens is 253 g/mol. The average molecular weight is 279 g/mol. The largest absolute Gasteiger partial charge is 0.378 e. The summed E-state index contributed by atoms with van der Waals surface area (Å²) in [5.41, 5.74) is 2.67. The Morgan fingerprint density at radius 3 is 2.60 bits per heavy atom. The van der Waals surface area contributed by atoms with Gasteiger partial charge in [-0.15, -0.1) is 0 Å². The van der Waals surface area contributed by atoms with E-state index in [4.69, 9.17) is 4.74 Å². The highest BCUT2D eigenvalue weighted by atomic mass is 19.1.